The summed E-state index contributed by atoms with van der Waals surface area (Å²) in [7, 11) is 1.60. The van der Waals surface area contributed by atoms with E-state index >= 15 is 0 Å². The number of benzene rings is 3. The summed E-state index contributed by atoms with van der Waals surface area (Å²) in [5.41, 5.74) is 2.71. The van der Waals surface area contributed by atoms with Gasteiger partial charge in [0.2, 0.25) is 0 Å². The number of halogens is 1. The molecule has 4 nitrogen and oxygen atoms in total. The Morgan fingerprint density at radius 1 is 1.03 bits per heavy atom. The minimum Gasteiger partial charge on any atom is -0.493 e. The van der Waals surface area contributed by atoms with Gasteiger partial charge in [-0.25, -0.2) is 0 Å². The number of nitrogens with one attached hydrogen (secondary N) is 1. The second-order valence-electron chi connectivity index (χ2n) is 6.39. The molecule has 0 aromatic heterocycles. The van der Waals surface area contributed by atoms with Gasteiger partial charge in [0.05, 0.1) is 17.7 Å². The van der Waals surface area contributed by atoms with E-state index in [0.29, 0.717) is 28.0 Å². The predicted molar refractivity (Wildman–Crippen MR) is 118 cm³/mol. The number of hydrogen-bond donors (Lipinski definition) is 1. The SMILES string of the molecule is COc1cc(/C=C2\Sc3ccccc3NC2=O)ccc1OCc1ccc(Cl)cc1. The van der Waals surface area contributed by atoms with Crippen molar-refractivity contribution in [1.82, 2.24) is 0 Å². The lowest BCUT2D eigenvalue weighted by atomic mass is 10.1. The highest BCUT2D eigenvalue weighted by molar-refractivity contribution is 8.04. The molecule has 146 valence electrons. The molecule has 0 radical (unpaired) electrons. The summed E-state index contributed by atoms with van der Waals surface area (Å²) in [5, 5.41) is 3.61. The van der Waals surface area contributed by atoms with Gasteiger partial charge in [-0.2, -0.15) is 0 Å². The molecule has 29 heavy (non-hydrogen) atoms. The highest BCUT2D eigenvalue weighted by Crippen LogP contribution is 2.39. The highest BCUT2D eigenvalue weighted by Gasteiger charge is 2.20. The van der Waals surface area contributed by atoms with Gasteiger partial charge in [-0.1, -0.05) is 53.7 Å². The third-order valence-corrected chi connectivity index (χ3v) is 5.72. The van der Waals surface area contributed by atoms with E-state index in [-0.39, 0.29) is 5.91 Å². The lowest BCUT2D eigenvalue weighted by Gasteiger charge is -2.18. The third kappa shape index (κ3) is 4.58. The molecule has 6 heteroatoms. The van der Waals surface area contributed by atoms with E-state index in [1.165, 1.54) is 11.8 Å². The molecule has 0 saturated carbocycles. The van der Waals surface area contributed by atoms with Crippen LogP contribution in [0.25, 0.3) is 6.08 Å². The quantitative estimate of drug-likeness (QED) is 0.510. The maximum Gasteiger partial charge on any atom is 0.262 e. The number of rotatable bonds is 5. The Bertz CT molecular complexity index is 1080. The van der Waals surface area contributed by atoms with Gasteiger partial charge in [0.1, 0.15) is 6.61 Å². The van der Waals surface area contributed by atoms with E-state index in [1.54, 1.807) is 7.11 Å². The molecule has 1 amide bonds. The minimum absolute atomic E-state index is 0.115. The van der Waals surface area contributed by atoms with Crippen molar-refractivity contribution in [3.8, 4) is 11.5 Å². The van der Waals surface area contributed by atoms with Gasteiger partial charge in [0.15, 0.2) is 11.5 Å². The van der Waals surface area contributed by atoms with Crippen molar-refractivity contribution in [3.05, 3.63) is 87.8 Å². The Hall–Kier alpha value is -2.89. The summed E-state index contributed by atoms with van der Waals surface area (Å²) in [5.74, 6) is 1.13. The molecule has 0 aliphatic carbocycles. The average Bonchev–Trinajstić information content (AvgIpc) is 2.74. The molecule has 1 heterocycles. The van der Waals surface area contributed by atoms with Crippen molar-refractivity contribution in [2.45, 2.75) is 11.5 Å². The van der Waals surface area contributed by atoms with Gasteiger partial charge >= 0.3 is 0 Å². The van der Waals surface area contributed by atoms with Crippen molar-refractivity contribution >= 4 is 41.0 Å². The van der Waals surface area contributed by atoms with Crippen LogP contribution in [0, 0.1) is 0 Å². The van der Waals surface area contributed by atoms with E-state index < -0.39 is 0 Å². The normalized spacial score (nSPS) is 14.3. The lowest BCUT2D eigenvalue weighted by Crippen LogP contribution is -2.17. The number of amides is 1. The first-order valence-electron chi connectivity index (χ1n) is 8.97. The average molecular weight is 424 g/mol. The van der Waals surface area contributed by atoms with E-state index in [9.17, 15) is 4.79 Å². The standard InChI is InChI=1S/C23H18ClNO3S/c1-27-20-12-16(8-11-19(20)28-14-15-6-9-17(24)10-7-15)13-22-23(26)25-18-4-2-3-5-21(18)29-22/h2-13H,14H2,1H3,(H,25,26)/b22-13-. The first-order valence-corrected chi connectivity index (χ1v) is 10.2. The van der Waals surface area contributed by atoms with E-state index in [4.69, 9.17) is 21.1 Å². The monoisotopic (exact) mass is 423 g/mol. The molecule has 1 aliphatic rings. The van der Waals surface area contributed by atoms with Crippen molar-refractivity contribution in [3.63, 3.8) is 0 Å². The fourth-order valence-corrected chi connectivity index (χ4v) is 3.97. The zero-order valence-corrected chi connectivity index (χ0v) is 17.2. The first kappa shape index (κ1) is 19.4. The van der Waals surface area contributed by atoms with Crippen LogP contribution in [-0.2, 0) is 11.4 Å². The molecule has 0 fully saturated rings. The van der Waals surface area contributed by atoms with Crippen molar-refractivity contribution in [2.24, 2.45) is 0 Å². The summed E-state index contributed by atoms with van der Waals surface area (Å²) in [4.78, 5) is 14.0. The predicted octanol–water partition coefficient (Wildman–Crippen LogP) is 6.01. The molecule has 4 rings (SSSR count). The summed E-state index contributed by atoms with van der Waals surface area (Å²) in [6.07, 6.45) is 1.85. The molecule has 0 unspecified atom stereocenters. The first-order chi connectivity index (χ1) is 14.1. The molecular weight excluding hydrogens is 406 g/mol. The molecule has 3 aromatic rings. The van der Waals surface area contributed by atoms with E-state index in [2.05, 4.69) is 5.32 Å². The van der Waals surface area contributed by atoms with Gasteiger partial charge in [0.25, 0.3) is 5.91 Å². The minimum atomic E-state index is -0.115. The van der Waals surface area contributed by atoms with Crippen LogP contribution in [-0.4, -0.2) is 13.0 Å². The maximum absolute atomic E-state index is 12.4. The molecule has 0 saturated heterocycles. The lowest BCUT2D eigenvalue weighted by molar-refractivity contribution is -0.112. The van der Waals surface area contributed by atoms with E-state index in [0.717, 1.165) is 21.7 Å². The van der Waals surface area contributed by atoms with Crippen LogP contribution < -0.4 is 14.8 Å². The molecule has 0 bridgehead atoms. The van der Waals surface area contributed by atoms with Crippen LogP contribution in [0.1, 0.15) is 11.1 Å². The van der Waals surface area contributed by atoms with Crippen LogP contribution in [0.15, 0.2) is 76.5 Å². The number of para-hydroxylation sites is 1. The fraction of sp³-hybridized carbons (Fsp3) is 0.0870. The molecular formula is C23H18ClNO3S. The highest BCUT2D eigenvalue weighted by atomic mass is 35.5. The van der Waals surface area contributed by atoms with Crippen molar-refractivity contribution in [2.75, 3.05) is 12.4 Å². The number of methoxy groups -OCH3 is 1. The number of ether oxygens (including phenoxy) is 2. The molecule has 1 N–H and O–H groups in total. The number of hydrogen-bond acceptors (Lipinski definition) is 4. The van der Waals surface area contributed by atoms with E-state index in [1.807, 2.05) is 72.8 Å². The Kier molecular flexibility index (Phi) is 5.79. The number of carbonyl (C=O) groups excluding carboxylic acids is 1. The smallest absolute Gasteiger partial charge is 0.262 e. The van der Waals surface area contributed by atoms with Gasteiger partial charge in [-0.3, -0.25) is 4.79 Å². The van der Waals surface area contributed by atoms with Gasteiger partial charge in [-0.15, -0.1) is 0 Å². The summed E-state index contributed by atoms with van der Waals surface area (Å²) in [6.45, 7) is 0.406. The largest absolute Gasteiger partial charge is 0.493 e. The number of anilines is 1. The Morgan fingerprint density at radius 3 is 2.62 bits per heavy atom. The van der Waals surface area contributed by atoms with Crippen LogP contribution in [0.4, 0.5) is 5.69 Å². The molecule has 0 atom stereocenters. The Labute approximate surface area is 178 Å². The number of carbonyl (C=O) groups is 1. The van der Waals surface area contributed by atoms with Crippen LogP contribution in [0.3, 0.4) is 0 Å². The fourth-order valence-electron chi connectivity index (χ4n) is 2.89. The zero-order valence-electron chi connectivity index (χ0n) is 15.6. The van der Waals surface area contributed by atoms with Crippen molar-refractivity contribution in [1.29, 1.82) is 0 Å². The van der Waals surface area contributed by atoms with Gasteiger partial charge in [0, 0.05) is 9.92 Å². The summed E-state index contributed by atoms with van der Waals surface area (Å²) in [6, 6.07) is 20.9. The topological polar surface area (TPSA) is 47.6 Å². The van der Waals surface area contributed by atoms with Gasteiger partial charge in [-0.05, 0) is 53.6 Å². The van der Waals surface area contributed by atoms with Crippen LogP contribution in [0.5, 0.6) is 11.5 Å². The van der Waals surface area contributed by atoms with Crippen LogP contribution >= 0.6 is 23.4 Å². The molecule has 0 spiro atoms. The summed E-state index contributed by atoms with van der Waals surface area (Å²) < 4.78 is 11.4. The number of fused-ring (bicyclic) bond motifs is 1. The Balaban J connectivity index is 1.52. The second-order valence-corrected chi connectivity index (χ2v) is 7.91. The maximum atomic E-state index is 12.4. The second kappa shape index (κ2) is 8.64. The third-order valence-electron chi connectivity index (χ3n) is 4.37. The number of thioether (sulfide) groups is 1. The zero-order chi connectivity index (χ0) is 20.2. The van der Waals surface area contributed by atoms with Crippen molar-refractivity contribution < 1.29 is 14.3 Å². The Morgan fingerprint density at radius 2 is 1.83 bits per heavy atom. The van der Waals surface area contributed by atoms with Gasteiger partial charge < -0.3 is 14.8 Å². The molecule has 3 aromatic carbocycles. The van der Waals surface area contributed by atoms with Crippen LogP contribution in [0.2, 0.25) is 5.02 Å². The molecule has 1 aliphatic heterocycles. The summed E-state index contributed by atoms with van der Waals surface area (Å²) >= 11 is 7.37.